The van der Waals surface area contributed by atoms with Gasteiger partial charge in [-0.3, -0.25) is 14.4 Å². The molecule has 47 heavy (non-hydrogen) atoms. The summed E-state index contributed by atoms with van der Waals surface area (Å²) in [7, 11) is -2.83. The van der Waals surface area contributed by atoms with Crippen LogP contribution in [0.3, 0.4) is 0 Å². The van der Waals surface area contributed by atoms with Gasteiger partial charge in [0.2, 0.25) is 0 Å². The zero-order valence-corrected chi connectivity index (χ0v) is 25.8. The third-order valence-electron chi connectivity index (χ3n) is 9.47. The van der Waals surface area contributed by atoms with Crippen molar-refractivity contribution in [2.45, 2.75) is 66.0 Å². The van der Waals surface area contributed by atoms with Crippen LogP contribution >= 0.6 is 0 Å². The number of carboxylic acids is 1. The van der Waals surface area contributed by atoms with Crippen LogP contribution in [-0.4, -0.2) is 71.0 Å². The average Bonchev–Trinajstić information content (AvgIpc) is 3.67. The SMILES string of the molecule is Cn1cc(-c2cccc(S(=O)(=O)C3(c4ccc(C(F)(C(F)(F)F)C(F)(F)F)cc4)CCN(C(O)[C@H]4CC[C@H](C(=O)O)CC4)C3)c2)cn1. The summed E-state index contributed by atoms with van der Waals surface area (Å²) in [4.78, 5) is 12.7. The minimum Gasteiger partial charge on any atom is -0.481 e. The van der Waals surface area contributed by atoms with E-state index in [9.17, 15) is 54.2 Å². The van der Waals surface area contributed by atoms with E-state index >= 15 is 0 Å². The zero-order chi connectivity index (χ0) is 34.6. The Balaban J connectivity index is 1.56. The van der Waals surface area contributed by atoms with Crippen LogP contribution in [0.25, 0.3) is 11.1 Å². The summed E-state index contributed by atoms with van der Waals surface area (Å²) in [6.07, 6.45) is -9.62. The summed E-state index contributed by atoms with van der Waals surface area (Å²) < 4.78 is 124. The molecule has 2 atom stereocenters. The van der Waals surface area contributed by atoms with Gasteiger partial charge in [-0.2, -0.15) is 31.4 Å². The number of aliphatic carboxylic acids is 1. The molecule has 2 heterocycles. The fourth-order valence-corrected chi connectivity index (χ4v) is 8.87. The van der Waals surface area contributed by atoms with Crippen molar-refractivity contribution in [3.8, 4) is 11.1 Å². The Hall–Kier alpha value is -3.50. The largest absolute Gasteiger partial charge is 0.481 e. The molecular formula is C31H32F7N3O5S. The highest BCUT2D eigenvalue weighted by Crippen LogP contribution is 2.54. The van der Waals surface area contributed by atoms with Gasteiger partial charge in [0.05, 0.1) is 17.0 Å². The second-order valence-corrected chi connectivity index (χ2v) is 14.5. The molecule has 2 aromatic carbocycles. The van der Waals surface area contributed by atoms with Crippen molar-refractivity contribution in [2.24, 2.45) is 18.9 Å². The molecule has 1 aliphatic heterocycles. The molecule has 3 aromatic rings. The van der Waals surface area contributed by atoms with Crippen LogP contribution in [0, 0.1) is 11.8 Å². The molecule has 2 N–H and O–H groups in total. The van der Waals surface area contributed by atoms with Gasteiger partial charge < -0.3 is 10.2 Å². The molecule has 0 radical (unpaired) electrons. The fraction of sp³-hybridized carbons (Fsp3) is 0.484. The average molecular weight is 692 g/mol. The Morgan fingerprint density at radius 2 is 1.57 bits per heavy atom. The number of carbonyl (C=O) groups is 1. The summed E-state index contributed by atoms with van der Waals surface area (Å²) in [6, 6.07) is 7.95. The fourth-order valence-electron chi connectivity index (χ4n) is 6.74. The molecule has 1 aromatic heterocycles. The van der Waals surface area contributed by atoms with Gasteiger partial charge in [0.1, 0.15) is 11.0 Å². The second kappa shape index (κ2) is 12.2. The summed E-state index contributed by atoms with van der Waals surface area (Å²) >= 11 is 0. The smallest absolute Gasteiger partial charge is 0.435 e. The highest BCUT2D eigenvalue weighted by atomic mass is 32.2. The summed E-state index contributed by atoms with van der Waals surface area (Å²) in [6.45, 7) is -0.396. The topological polar surface area (TPSA) is 113 Å². The van der Waals surface area contributed by atoms with E-state index < -0.39 is 62.2 Å². The molecule has 1 saturated heterocycles. The molecule has 1 aliphatic carbocycles. The van der Waals surface area contributed by atoms with Gasteiger partial charge in [0.15, 0.2) is 9.84 Å². The lowest BCUT2D eigenvalue weighted by molar-refractivity contribution is -0.348. The Kier molecular flexibility index (Phi) is 9.03. The van der Waals surface area contributed by atoms with Crippen LogP contribution in [0.15, 0.2) is 65.8 Å². The van der Waals surface area contributed by atoms with Crippen molar-refractivity contribution in [1.29, 1.82) is 0 Å². The van der Waals surface area contributed by atoms with Crippen LogP contribution in [0.4, 0.5) is 30.7 Å². The number of sulfone groups is 1. The molecule has 0 bridgehead atoms. The predicted octanol–water partition coefficient (Wildman–Crippen LogP) is 5.96. The first-order valence-corrected chi connectivity index (χ1v) is 16.2. The first-order valence-electron chi connectivity index (χ1n) is 14.7. The maximum absolute atomic E-state index is 14.8. The number of benzene rings is 2. The number of likely N-dealkylation sites (tertiary alicyclic amines) is 1. The summed E-state index contributed by atoms with van der Waals surface area (Å²) in [5, 5.41) is 24.7. The van der Waals surface area contributed by atoms with E-state index in [4.69, 9.17) is 0 Å². The predicted molar refractivity (Wildman–Crippen MR) is 154 cm³/mol. The standard InChI is InChI=1S/C31H32F7N3O5S/c1-40-17-22(16-39-40)21-3-2-4-25(15-21)47(45,46)28(13-14-41(18-28)26(42)19-5-7-20(8-6-19)27(43)44)23-9-11-24(12-10-23)29(32,30(33,34)35)31(36,37)38/h2-4,9-12,15-17,19-20,26,42H,5-8,13-14,18H2,1H3,(H,43,44)/t19-,20-,26?,28?. The van der Waals surface area contributed by atoms with Gasteiger partial charge in [-0.15, -0.1) is 0 Å². The van der Waals surface area contributed by atoms with E-state index in [2.05, 4.69) is 5.10 Å². The number of hydrogen-bond acceptors (Lipinski definition) is 6. The number of hydrogen-bond donors (Lipinski definition) is 2. The minimum atomic E-state index is -6.35. The molecule has 0 spiro atoms. The quantitative estimate of drug-likeness (QED) is 0.281. The van der Waals surface area contributed by atoms with E-state index in [-0.39, 0.29) is 30.0 Å². The maximum Gasteiger partial charge on any atom is 0.435 e. The Morgan fingerprint density at radius 3 is 2.11 bits per heavy atom. The molecule has 2 fully saturated rings. The van der Waals surface area contributed by atoms with Crippen LogP contribution in [0.1, 0.15) is 43.2 Å². The van der Waals surface area contributed by atoms with E-state index in [0.717, 1.165) is 12.1 Å². The van der Waals surface area contributed by atoms with Gasteiger partial charge in [-0.25, -0.2) is 12.8 Å². The summed E-state index contributed by atoms with van der Waals surface area (Å²) in [5.41, 5.74) is -6.56. The Morgan fingerprint density at radius 1 is 0.957 bits per heavy atom. The number of aryl methyl sites for hydroxylation is 1. The van der Waals surface area contributed by atoms with E-state index in [1.54, 1.807) is 19.3 Å². The number of aliphatic hydroxyl groups excluding tert-OH is 1. The van der Waals surface area contributed by atoms with E-state index in [0.29, 0.717) is 48.9 Å². The van der Waals surface area contributed by atoms with Gasteiger partial charge in [0.25, 0.3) is 0 Å². The van der Waals surface area contributed by atoms with Crippen LogP contribution in [-0.2, 0) is 32.1 Å². The van der Waals surface area contributed by atoms with E-state index in [1.165, 1.54) is 34.0 Å². The normalized spacial score (nSPS) is 23.9. The molecule has 0 amide bonds. The minimum absolute atomic E-state index is 0.0124. The van der Waals surface area contributed by atoms with Crippen molar-refractivity contribution in [1.82, 2.24) is 14.7 Å². The van der Waals surface area contributed by atoms with Crippen molar-refractivity contribution in [2.75, 3.05) is 13.1 Å². The first kappa shape index (κ1) is 34.8. The molecule has 2 aliphatic rings. The van der Waals surface area contributed by atoms with E-state index in [1.807, 2.05) is 0 Å². The summed E-state index contributed by atoms with van der Waals surface area (Å²) in [5.74, 6) is -1.92. The highest BCUT2D eigenvalue weighted by Gasteiger charge is 2.73. The number of carboxylic acid groups (broad SMARTS) is 1. The molecule has 1 saturated carbocycles. The lowest BCUT2D eigenvalue weighted by atomic mass is 9.81. The monoisotopic (exact) mass is 691 g/mol. The lowest BCUT2D eigenvalue weighted by Gasteiger charge is -2.36. The molecular weight excluding hydrogens is 659 g/mol. The number of halogens is 7. The molecule has 8 nitrogen and oxygen atoms in total. The number of aliphatic hydroxyl groups is 1. The van der Waals surface area contributed by atoms with Gasteiger partial charge in [-0.1, -0.05) is 36.4 Å². The Labute approximate surface area is 265 Å². The molecule has 5 rings (SSSR count). The molecule has 16 heteroatoms. The van der Waals surface area contributed by atoms with Crippen LogP contribution in [0.2, 0.25) is 0 Å². The first-order chi connectivity index (χ1) is 21.8. The van der Waals surface area contributed by atoms with Crippen molar-refractivity contribution < 1.29 is 54.2 Å². The number of rotatable bonds is 8. The third-order valence-corrected chi connectivity index (χ3v) is 11.9. The third kappa shape index (κ3) is 6.03. The zero-order valence-electron chi connectivity index (χ0n) is 25.0. The maximum atomic E-state index is 14.8. The molecule has 256 valence electrons. The number of nitrogens with zero attached hydrogens (tertiary/aromatic N) is 3. The number of aromatic nitrogens is 2. The van der Waals surface area contributed by atoms with Crippen molar-refractivity contribution >= 4 is 15.8 Å². The van der Waals surface area contributed by atoms with Crippen molar-refractivity contribution in [3.63, 3.8) is 0 Å². The molecule has 2 unspecified atom stereocenters. The van der Waals surface area contributed by atoms with Gasteiger partial charge in [-0.05, 0) is 61.3 Å². The van der Waals surface area contributed by atoms with Gasteiger partial charge >= 0.3 is 24.0 Å². The van der Waals surface area contributed by atoms with Crippen LogP contribution in [0.5, 0.6) is 0 Å². The van der Waals surface area contributed by atoms with Crippen LogP contribution < -0.4 is 0 Å². The number of alkyl halides is 7. The lowest BCUT2D eigenvalue weighted by Crippen LogP contribution is -2.50. The highest BCUT2D eigenvalue weighted by molar-refractivity contribution is 7.92. The van der Waals surface area contributed by atoms with Gasteiger partial charge in [0, 0.05) is 37.5 Å². The van der Waals surface area contributed by atoms with Crippen molar-refractivity contribution in [3.05, 3.63) is 72.1 Å². The second-order valence-electron chi connectivity index (χ2n) is 12.2. The Bertz CT molecular complexity index is 1700.